The Kier molecular flexibility index (Phi) is 1.83. The number of rotatable bonds is 1. The van der Waals surface area contributed by atoms with Gasteiger partial charge in [-0.2, -0.15) is 0 Å². The molecule has 1 aliphatic carbocycles. The molecule has 3 nitrogen and oxygen atoms in total. The monoisotopic (exact) mass is 170 g/mol. The zero-order chi connectivity index (χ0) is 8.60. The summed E-state index contributed by atoms with van der Waals surface area (Å²) in [5.41, 5.74) is 0.381. The van der Waals surface area contributed by atoms with Crippen LogP contribution in [0, 0.1) is 11.3 Å². The first-order valence-electron chi connectivity index (χ1n) is 4.52. The molecule has 0 radical (unpaired) electrons. The summed E-state index contributed by atoms with van der Waals surface area (Å²) < 4.78 is 5.16. The van der Waals surface area contributed by atoms with Gasteiger partial charge in [0.15, 0.2) is 0 Å². The highest BCUT2D eigenvalue weighted by molar-refractivity contribution is 5.70. The first-order chi connectivity index (χ1) is 5.72. The van der Waals surface area contributed by atoms with Crippen LogP contribution in [0.5, 0.6) is 0 Å². The van der Waals surface area contributed by atoms with Crippen molar-refractivity contribution >= 4 is 5.97 Å². The Labute approximate surface area is 71.7 Å². The molecule has 2 fully saturated rings. The summed E-state index contributed by atoms with van der Waals surface area (Å²) in [6.07, 6.45) is 3.78. The van der Waals surface area contributed by atoms with Crippen LogP contribution in [-0.4, -0.2) is 24.3 Å². The van der Waals surface area contributed by atoms with Gasteiger partial charge >= 0.3 is 5.97 Å². The fourth-order valence-electron chi connectivity index (χ4n) is 2.16. The minimum atomic E-state index is -0.620. The molecule has 1 saturated carbocycles. The smallest absolute Gasteiger partial charge is 0.306 e. The van der Waals surface area contributed by atoms with E-state index in [0.29, 0.717) is 5.41 Å². The Morgan fingerprint density at radius 2 is 1.92 bits per heavy atom. The molecule has 1 heterocycles. The van der Waals surface area contributed by atoms with E-state index in [-0.39, 0.29) is 5.92 Å². The Morgan fingerprint density at radius 3 is 2.25 bits per heavy atom. The van der Waals surface area contributed by atoms with Crippen molar-refractivity contribution in [3.8, 4) is 0 Å². The fraction of sp³-hybridized carbons (Fsp3) is 0.889. The van der Waals surface area contributed by atoms with Crippen LogP contribution >= 0.6 is 0 Å². The second-order valence-electron chi connectivity index (χ2n) is 4.11. The highest BCUT2D eigenvalue weighted by Crippen LogP contribution is 2.44. The average Bonchev–Trinajstić information content (AvgIpc) is 2.02. The Hall–Kier alpha value is -0.570. The van der Waals surface area contributed by atoms with E-state index in [1.54, 1.807) is 0 Å². The third kappa shape index (κ3) is 1.22. The Balaban J connectivity index is 1.88. The van der Waals surface area contributed by atoms with Gasteiger partial charge < -0.3 is 9.84 Å². The molecular weight excluding hydrogens is 156 g/mol. The van der Waals surface area contributed by atoms with Crippen molar-refractivity contribution < 1.29 is 14.6 Å². The second kappa shape index (κ2) is 2.73. The summed E-state index contributed by atoms with van der Waals surface area (Å²) in [5.74, 6) is -0.707. The summed E-state index contributed by atoms with van der Waals surface area (Å²) in [7, 11) is 0. The maximum atomic E-state index is 10.6. The highest BCUT2D eigenvalue weighted by Gasteiger charge is 2.42. The number of carboxylic acids is 1. The van der Waals surface area contributed by atoms with Crippen LogP contribution in [0.2, 0.25) is 0 Å². The molecule has 0 aromatic carbocycles. The number of carbonyl (C=O) groups is 1. The van der Waals surface area contributed by atoms with Gasteiger partial charge in [-0.15, -0.1) is 0 Å². The van der Waals surface area contributed by atoms with Gasteiger partial charge in [-0.3, -0.25) is 4.79 Å². The summed E-state index contributed by atoms with van der Waals surface area (Å²) in [5, 5.41) is 8.77. The predicted molar refractivity (Wildman–Crippen MR) is 42.8 cm³/mol. The summed E-state index contributed by atoms with van der Waals surface area (Å²) in [4.78, 5) is 10.6. The van der Waals surface area contributed by atoms with E-state index in [2.05, 4.69) is 0 Å². The van der Waals surface area contributed by atoms with Gasteiger partial charge in [-0.25, -0.2) is 0 Å². The number of carboxylic acid groups (broad SMARTS) is 1. The molecule has 0 aromatic rings. The third-order valence-corrected chi connectivity index (χ3v) is 3.21. The molecule has 2 rings (SSSR count). The van der Waals surface area contributed by atoms with Crippen molar-refractivity contribution in [2.45, 2.75) is 25.7 Å². The fourth-order valence-corrected chi connectivity index (χ4v) is 2.16. The molecule has 0 amide bonds. The third-order valence-electron chi connectivity index (χ3n) is 3.21. The van der Waals surface area contributed by atoms with Gasteiger partial charge in [-0.05, 0) is 25.7 Å². The van der Waals surface area contributed by atoms with Crippen LogP contribution in [-0.2, 0) is 9.53 Å². The van der Waals surface area contributed by atoms with Gasteiger partial charge in [0, 0.05) is 5.41 Å². The first kappa shape index (κ1) is 8.05. The van der Waals surface area contributed by atoms with E-state index >= 15 is 0 Å². The number of ether oxygens (including phenoxy) is 1. The van der Waals surface area contributed by atoms with Crippen LogP contribution in [0.4, 0.5) is 0 Å². The van der Waals surface area contributed by atoms with Crippen molar-refractivity contribution in [3.63, 3.8) is 0 Å². The van der Waals surface area contributed by atoms with Crippen LogP contribution in [0.1, 0.15) is 25.7 Å². The minimum Gasteiger partial charge on any atom is -0.481 e. The standard InChI is InChI=1S/C9H14O3/c10-8(11)7-1-3-9(4-2-7)5-12-6-9/h7H,1-6H2,(H,10,11). The maximum absolute atomic E-state index is 10.6. The van der Waals surface area contributed by atoms with Gasteiger partial charge in [-0.1, -0.05) is 0 Å². The number of hydrogen-bond acceptors (Lipinski definition) is 2. The number of aliphatic carboxylic acids is 1. The number of hydrogen-bond donors (Lipinski definition) is 1. The molecule has 0 bridgehead atoms. The van der Waals surface area contributed by atoms with Gasteiger partial charge in [0.05, 0.1) is 19.1 Å². The van der Waals surface area contributed by atoms with Crippen molar-refractivity contribution in [3.05, 3.63) is 0 Å². The second-order valence-corrected chi connectivity index (χ2v) is 4.11. The van der Waals surface area contributed by atoms with Crippen LogP contribution in [0.25, 0.3) is 0 Å². The van der Waals surface area contributed by atoms with Crippen molar-refractivity contribution in [1.82, 2.24) is 0 Å². The lowest BCUT2D eigenvalue weighted by molar-refractivity contribution is -0.155. The van der Waals surface area contributed by atoms with E-state index in [0.717, 1.165) is 38.9 Å². The van der Waals surface area contributed by atoms with Crippen LogP contribution in [0.15, 0.2) is 0 Å². The predicted octanol–water partition coefficient (Wildman–Crippen LogP) is 1.28. The summed E-state index contributed by atoms with van der Waals surface area (Å²) in [6.45, 7) is 1.72. The van der Waals surface area contributed by atoms with E-state index in [9.17, 15) is 4.79 Å². The largest absolute Gasteiger partial charge is 0.481 e. The lowest BCUT2D eigenvalue weighted by atomic mass is 9.69. The molecule has 0 unspecified atom stereocenters. The summed E-state index contributed by atoms with van der Waals surface area (Å²) >= 11 is 0. The highest BCUT2D eigenvalue weighted by atomic mass is 16.5. The van der Waals surface area contributed by atoms with Gasteiger partial charge in [0.1, 0.15) is 0 Å². The lowest BCUT2D eigenvalue weighted by Crippen LogP contribution is -2.45. The Morgan fingerprint density at radius 1 is 1.33 bits per heavy atom. The molecule has 2 aliphatic rings. The Bertz CT molecular complexity index is 186. The molecule has 12 heavy (non-hydrogen) atoms. The quantitative estimate of drug-likeness (QED) is 0.644. The zero-order valence-corrected chi connectivity index (χ0v) is 7.08. The molecule has 1 aliphatic heterocycles. The normalized spacial score (nSPS) is 28.3. The molecular formula is C9H14O3. The van der Waals surface area contributed by atoms with E-state index < -0.39 is 5.97 Å². The topological polar surface area (TPSA) is 46.5 Å². The van der Waals surface area contributed by atoms with Crippen LogP contribution < -0.4 is 0 Å². The molecule has 1 spiro atoms. The molecule has 3 heteroatoms. The van der Waals surface area contributed by atoms with E-state index in [1.807, 2.05) is 0 Å². The van der Waals surface area contributed by atoms with E-state index in [1.165, 1.54) is 0 Å². The zero-order valence-electron chi connectivity index (χ0n) is 7.08. The summed E-state index contributed by atoms with van der Waals surface area (Å²) in [6, 6.07) is 0. The average molecular weight is 170 g/mol. The van der Waals surface area contributed by atoms with Crippen molar-refractivity contribution in [2.75, 3.05) is 13.2 Å². The SMILES string of the molecule is O=C(O)C1CCC2(CC1)COC2. The van der Waals surface area contributed by atoms with E-state index in [4.69, 9.17) is 9.84 Å². The van der Waals surface area contributed by atoms with Crippen molar-refractivity contribution in [2.24, 2.45) is 11.3 Å². The minimum absolute atomic E-state index is 0.0868. The molecule has 0 atom stereocenters. The molecule has 1 saturated heterocycles. The molecule has 1 N–H and O–H groups in total. The molecule has 0 aromatic heterocycles. The maximum Gasteiger partial charge on any atom is 0.306 e. The first-order valence-corrected chi connectivity index (χ1v) is 4.52. The van der Waals surface area contributed by atoms with Crippen LogP contribution in [0.3, 0.4) is 0 Å². The molecule has 68 valence electrons. The lowest BCUT2D eigenvalue weighted by Gasteiger charge is -2.45. The van der Waals surface area contributed by atoms with Gasteiger partial charge in [0.25, 0.3) is 0 Å². The van der Waals surface area contributed by atoms with Gasteiger partial charge in [0.2, 0.25) is 0 Å². The van der Waals surface area contributed by atoms with Crippen molar-refractivity contribution in [1.29, 1.82) is 0 Å².